The number of hydrogen-bond acceptors (Lipinski definition) is 6. The molecule has 0 spiro atoms. The quantitative estimate of drug-likeness (QED) is 0.134. The molecule has 3 rings (SSSR count). The predicted molar refractivity (Wildman–Crippen MR) is 225 cm³/mol. The number of rotatable bonds is 20. The summed E-state index contributed by atoms with van der Waals surface area (Å²) in [5, 5.41) is 23.1. The van der Waals surface area contributed by atoms with Gasteiger partial charge in [-0.1, -0.05) is 120 Å². The van der Waals surface area contributed by atoms with Crippen molar-refractivity contribution >= 4 is 12.4 Å². The van der Waals surface area contributed by atoms with Crippen LogP contribution in [0.1, 0.15) is 180 Å². The molecule has 1 aliphatic carbocycles. The minimum atomic E-state index is -0.191. The molecule has 1 aliphatic rings. The van der Waals surface area contributed by atoms with Crippen molar-refractivity contribution in [3.8, 4) is 11.5 Å². The Morgan fingerprint density at radius 2 is 0.904 bits per heavy atom. The second kappa shape index (κ2) is 21.3. The van der Waals surface area contributed by atoms with Crippen molar-refractivity contribution in [2.45, 2.75) is 182 Å². The number of unbranched alkanes of at least 4 members (excludes halogenated alkanes) is 4. The molecule has 0 aromatic heterocycles. The van der Waals surface area contributed by atoms with Gasteiger partial charge in [-0.2, -0.15) is 0 Å². The summed E-state index contributed by atoms with van der Waals surface area (Å²) >= 11 is 0. The van der Waals surface area contributed by atoms with E-state index in [2.05, 4.69) is 103 Å². The highest BCUT2D eigenvalue weighted by Crippen LogP contribution is 2.36. The van der Waals surface area contributed by atoms with Gasteiger partial charge >= 0.3 is 0 Å². The number of aromatic hydroxyl groups is 2. The lowest BCUT2D eigenvalue weighted by Gasteiger charge is -2.27. The molecular weight excluding hydrogens is 641 g/mol. The van der Waals surface area contributed by atoms with Crippen LogP contribution in [0.5, 0.6) is 11.5 Å². The minimum Gasteiger partial charge on any atom is -0.507 e. The van der Waals surface area contributed by atoms with Gasteiger partial charge in [-0.05, 0) is 98.8 Å². The normalized spacial score (nSPS) is 17.4. The monoisotopic (exact) mass is 717 g/mol. The lowest BCUT2D eigenvalue weighted by Crippen LogP contribution is -2.27. The van der Waals surface area contributed by atoms with Crippen molar-refractivity contribution < 1.29 is 10.2 Å². The van der Waals surface area contributed by atoms with Gasteiger partial charge in [0.2, 0.25) is 0 Å². The van der Waals surface area contributed by atoms with E-state index >= 15 is 0 Å². The molecule has 2 N–H and O–H groups in total. The average molecular weight is 717 g/mol. The molecule has 0 aliphatic heterocycles. The molecule has 0 heterocycles. The second-order valence-electron chi connectivity index (χ2n) is 17.6. The Kier molecular flexibility index (Phi) is 17.9. The Hall–Kier alpha value is -2.70. The van der Waals surface area contributed by atoms with E-state index in [1.54, 1.807) is 0 Å². The maximum absolute atomic E-state index is 11.6. The smallest absolute Gasteiger partial charge is 0.128 e. The molecule has 292 valence electrons. The number of benzene rings is 2. The molecule has 0 amide bonds. The van der Waals surface area contributed by atoms with Gasteiger partial charge in [0.25, 0.3) is 0 Å². The number of phenolic OH excluding ortho intramolecular Hbond substituents is 2. The number of nitrogens with zero attached hydrogens (tertiary/aromatic N) is 4. The van der Waals surface area contributed by atoms with Crippen LogP contribution < -0.4 is 0 Å². The molecular formula is C46H76N4O2. The Morgan fingerprint density at radius 3 is 1.19 bits per heavy atom. The van der Waals surface area contributed by atoms with Crippen molar-refractivity contribution in [2.75, 3.05) is 26.2 Å². The van der Waals surface area contributed by atoms with Crippen LogP contribution in [0.3, 0.4) is 0 Å². The van der Waals surface area contributed by atoms with Crippen LogP contribution in [0.15, 0.2) is 34.3 Å². The first kappa shape index (κ1) is 43.7. The maximum Gasteiger partial charge on any atom is 0.128 e. The zero-order valence-corrected chi connectivity index (χ0v) is 35.0. The molecule has 52 heavy (non-hydrogen) atoms. The molecule has 2 aromatic carbocycles. The molecule has 6 nitrogen and oxygen atoms in total. The van der Waals surface area contributed by atoms with Crippen molar-refractivity contribution in [3.63, 3.8) is 0 Å². The van der Waals surface area contributed by atoms with Gasteiger partial charge < -0.3 is 10.2 Å². The minimum absolute atomic E-state index is 0.0303. The lowest BCUT2D eigenvalue weighted by atomic mass is 9.84. The molecule has 2 unspecified atom stereocenters. The zero-order valence-electron chi connectivity index (χ0n) is 35.0. The first-order chi connectivity index (χ1) is 24.7. The van der Waals surface area contributed by atoms with Crippen molar-refractivity contribution in [1.29, 1.82) is 0 Å². The van der Waals surface area contributed by atoms with Gasteiger partial charge in [-0.25, -0.2) is 0 Å². The third kappa shape index (κ3) is 13.6. The largest absolute Gasteiger partial charge is 0.507 e. The predicted octanol–water partition coefficient (Wildman–Crippen LogP) is 11.3. The fraction of sp³-hybridized carbons (Fsp3) is 0.696. The van der Waals surface area contributed by atoms with Crippen molar-refractivity contribution in [1.82, 2.24) is 9.80 Å². The van der Waals surface area contributed by atoms with Crippen molar-refractivity contribution in [2.24, 2.45) is 9.98 Å². The summed E-state index contributed by atoms with van der Waals surface area (Å²) in [4.78, 5) is 15.5. The fourth-order valence-electron chi connectivity index (χ4n) is 7.34. The van der Waals surface area contributed by atoms with Gasteiger partial charge in [-0.15, -0.1) is 0 Å². The fourth-order valence-corrected chi connectivity index (χ4v) is 7.34. The summed E-state index contributed by atoms with van der Waals surface area (Å²) in [5.74, 6) is 0.681. The second-order valence-corrected chi connectivity index (χ2v) is 17.6. The highest BCUT2D eigenvalue weighted by atomic mass is 16.3. The van der Waals surface area contributed by atoms with Crippen LogP contribution in [0.4, 0.5) is 0 Å². The Labute approximate surface area is 319 Å². The number of aliphatic imine (C=N–C) groups is 2. The molecule has 2 aromatic rings. The van der Waals surface area contributed by atoms with E-state index in [9.17, 15) is 10.2 Å². The van der Waals surface area contributed by atoms with Crippen LogP contribution in [0, 0.1) is 0 Å². The molecule has 0 saturated heterocycles. The van der Waals surface area contributed by atoms with E-state index in [0.717, 1.165) is 87.2 Å². The summed E-state index contributed by atoms with van der Waals surface area (Å²) in [6.07, 6.45) is 17.6. The molecule has 0 radical (unpaired) electrons. The molecule has 1 saturated carbocycles. The number of hydrogen-bond donors (Lipinski definition) is 2. The van der Waals surface area contributed by atoms with Crippen molar-refractivity contribution in [3.05, 3.63) is 57.6 Å². The Morgan fingerprint density at radius 1 is 0.577 bits per heavy atom. The SMILES string of the molecule is CCCCN(CCCC)Cc1cc(C=NC2CCCCC2N=Cc2cc(CN(CCCC)CCCC)cc(C(C)(C)C)c2O)c(O)c(C(C)(C)C)c1. The number of phenols is 2. The molecule has 1 fully saturated rings. The highest BCUT2D eigenvalue weighted by molar-refractivity contribution is 5.86. The Bertz CT molecular complexity index is 1290. The first-order valence-corrected chi connectivity index (χ1v) is 20.9. The molecule has 0 bridgehead atoms. The van der Waals surface area contributed by atoms with Gasteiger partial charge in [0.15, 0.2) is 0 Å². The molecule has 6 heteroatoms. The van der Waals surface area contributed by atoms with Gasteiger partial charge in [-0.3, -0.25) is 19.8 Å². The highest BCUT2D eigenvalue weighted by Gasteiger charge is 2.26. The summed E-state index contributed by atoms with van der Waals surface area (Å²) < 4.78 is 0. The first-order valence-electron chi connectivity index (χ1n) is 20.9. The van der Waals surface area contributed by atoms with Crippen LogP contribution in [-0.2, 0) is 23.9 Å². The third-order valence-corrected chi connectivity index (χ3v) is 10.6. The Balaban J connectivity index is 1.95. The topological polar surface area (TPSA) is 71.7 Å². The third-order valence-electron chi connectivity index (χ3n) is 10.6. The van der Waals surface area contributed by atoms with Crippen LogP contribution >= 0.6 is 0 Å². The van der Waals surface area contributed by atoms with E-state index < -0.39 is 0 Å². The lowest BCUT2D eigenvalue weighted by molar-refractivity contribution is 0.257. The van der Waals surface area contributed by atoms with Gasteiger partial charge in [0.05, 0.1) is 12.1 Å². The summed E-state index contributed by atoms with van der Waals surface area (Å²) in [6.45, 7) is 28.2. The maximum atomic E-state index is 11.6. The molecule has 2 atom stereocenters. The van der Waals surface area contributed by atoms with Gasteiger partial charge in [0, 0.05) is 47.8 Å². The zero-order chi connectivity index (χ0) is 38.3. The van der Waals surface area contributed by atoms with E-state index in [1.165, 1.54) is 62.5 Å². The van der Waals surface area contributed by atoms with Crippen LogP contribution in [0.25, 0.3) is 0 Å². The standard InChI is InChI=1S/C46H76N4O2/c1-11-15-23-49(24-16-12-2)33-35-27-37(43(51)39(29-35)45(5,6)7)31-47-41-21-19-20-22-42(41)48-32-38-28-36(30-40(44(38)52)46(8,9)10)34-50(25-17-13-3)26-18-14-4/h27-32,41-42,51-52H,11-26,33-34H2,1-10H3. The van der Waals surface area contributed by atoms with E-state index in [0.29, 0.717) is 11.5 Å². The van der Waals surface area contributed by atoms with E-state index in [1.807, 2.05) is 12.4 Å². The summed E-state index contributed by atoms with van der Waals surface area (Å²) in [5.41, 5.74) is 5.65. The summed E-state index contributed by atoms with van der Waals surface area (Å²) in [7, 11) is 0. The van der Waals surface area contributed by atoms with Crippen LogP contribution in [-0.4, -0.2) is 70.7 Å². The van der Waals surface area contributed by atoms with E-state index in [4.69, 9.17) is 9.98 Å². The van der Waals surface area contributed by atoms with Gasteiger partial charge in [0.1, 0.15) is 11.5 Å². The van der Waals surface area contributed by atoms with E-state index in [-0.39, 0.29) is 22.9 Å². The average Bonchev–Trinajstić information content (AvgIpc) is 3.09. The summed E-state index contributed by atoms with van der Waals surface area (Å²) in [6, 6.07) is 8.80. The van der Waals surface area contributed by atoms with Crippen LogP contribution in [0.2, 0.25) is 0 Å².